The van der Waals surface area contributed by atoms with Crippen LogP contribution in [0.2, 0.25) is 5.02 Å². The molecule has 0 bridgehead atoms. The molecule has 42 heavy (non-hydrogen) atoms. The molecule has 218 valence electrons. The van der Waals surface area contributed by atoms with Crippen molar-refractivity contribution in [3.05, 3.63) is 106 Å². The molecule has 0 spiro atoms. The van der Waals surface area contributed by atoms with Crippen LogP contribution in [0.25, 0.3) is 5.69 Å². The molecule has 0 radical (unpaired) electrons. The van der Waals surface area contributed by atoms with Gasteiger partial charge in [0.15, 0.2) is 5.11 Å². The Kier molecular flexibility index (Phi) is 7.79. The van der Waals surface area contributed by atoms with E-state index >= 15 is 0 Å². The van der Waals surface area contributed by atoms with Crippen molar-refractivity contribution < 1.29 is 0 Å². The fraction of sp³-hybridized carbons (Fsp3) is 0.371. The molecule has 2 aliphatic heterocycles. The maximum absolute atomic E-state index is 7.06. The maximum Gasteiger partial charge on any atom is 0.174 e. The number of hydrogen-bond acceptors (Lipinski definition) is 3. The average molecular weight is 598 g/mol. The molecule has 2 aromatic heterocycles. The first-order valence-corrected chi connectivity index (χ1v) is 15.7. The quantitative estimate of drug-likeness (QED) is 0.234. The van der Waals surface area contributed by atoms with Crippen molar-refractivity contribution in [3.8, 4) is 5.69 Å². The lowest BCUT2D eigenvalue weighted by atomic mass is 9.91. The van der Waals surface area contributed by atoms with Gasteiger partial charge in [0, 0.05) is 42.0 Å². The van der Waals surface area contributed by atoms with E-state index in [0.717, 1.165) is 35.2 Å². The van der Waals surface area contributed by atoms with Crippen LogP contribution in [0.15, 0.2) is 66.9 Å². The standard InChI is InChI=1S/C35H40ClN5S/c1-21-16-22(2)20-39(19-21)32-14-13-27(18-29(32)36)41-34(33(38-35(41)42)30-11-7-8-15-37-30)28-17-24(4)40(26(28)6)31-12-9-10-23(3)25(31)5/h7-15,17-18,21-22,33-34H,16,19-20H2,1-6H3,(H,38,42)/t21-,22-,33-,34+/m0/s1. The molecule has 2 saturated heterocycles. The van der Waals surface area contributed by atoms with Crippen molar-refractivity contribution in [2.75, 3.05) is 22.9 Å². The molecule has 4 atom stereocenters. The van der Waals surface area contributed by atoms with Crippen molar-refractivity contribution in [1.82, 2.24) is 14.9 Å². The van der Waals surface area contributed by atoms with Gasteiger partial charge in [0.2, 0.25) is 0 Å². The summed E-state index contributed by atoms with van der Waals surface area (Å²) in [7, 11) is 0. The smallest absolute Gasteiger partial charge is 0.174 e. The van der Waals surface area contributed by atoms with Gasteiger partial charge in [-0.1, -0.05) is 43.6 Å². The minimum absolute atomic E-state index is 0.102. The lowest BCUT2D eigenvalue weighted by Gasteiger charge is -2.37. The number of benzene rings is 2. The van der Waals surface area contributed by atoms with Crippen molar-refractivity contribution in [1.29, 1.82) is 0 Å². The van der Waals surface area contributed by atoms with Gasteiger partial charge in [0.1, 0.15) is 0 Å². The summed E-state index contributed by atoms with van der Waals surface area (Å²) in [5, 5.41) is 5.06. The molecular weight excluding hydrogens is 558 g/mol. The van der Waals surface area contributed by atoms with Crippen LogP contribution in [-0.4, -0.2) is 27.8 Å². The number of aromatic nitrogens is 2. The van der Waals surface area contributed by atoms with Crippen LogP contribution in [0.5, 0.6) is 0 Å². The second-order valence-corrected chi connectivity index (χ2v) is 13.2. The van der Waals surface area contributed by atoms with Crippen LogP contribution in [0.1, 0.15) is 66.1 Å². The normalized spacial score (nSPS) is 22.5. The topological polar surface area (TPSA) is 36.3 Å². The van der Waals surface area contributed by atoms with Gasteiger partial charge < -0.3 is 19.7 Å². The highest BCUT2D eigenvalue weighted by molar-refractivity contribution is 7.80. The Balaban J connectivity index is 1.45. The van der Waals surface area contributed by atoms with Gasteiger partial charge in [-0.15, -0.1) is 0 Å². The van der Waals surface area contributed by atoms with E-state index in [1.54, 1.807) is 0 Å². The van der Waals surface area contributed by atoms with E-state index in [2.05, 4.69) is 110 Å². The predicted molar refractivity (Wildman–Crippen MR) is 179 cm³/mol. The number of thiocarbonyl (C=S) groups is 1. The summed E-state index contributed by atoms with van der Waals surface area (Å²) >= 11 is 13.1. The number of pyridine rings is 1. The molecule has 0 aliphatic carbocycles. The molecule has 0 saturated carbocycles. The van der Waals surface area contributed by atoms with Gasteiger partial charge in [-0.3, -0.25) is 4.98 Å². The molecular formula is C35H40ClN5S. The molecule has 5 nitrogen and oxygen atoms in total. The summed E-state index contributed by atoms with van der Waals surface area (Å²) in [6, 6.07) is 21.1. The molecule has 2 fully saturated rings. The molecule has 4 aromatic rings. The van der Waals surface area contributed by atoms with Gasteiger partial charge in [0.05, 0.1) is 28.5 Å². The second kappa shape index (κ2) is 11.4. The van der Waals surface area contributed by atoms with Gasteiger partial charge in [-0.2, -0.15) is 0 Å². The summed E-state index contributed by atoms with van der Waals surface area (Å²) in [6.45, 7) is 15.5. The lowest BCUT2D eigenvalue weighted by Crippen LogP contribution is -2.38. The Bertz CT molecular complexity index is 1620. The summed E-state index contributed by atoms with van der Waals surface area (Å²) < 4.78 is 2.38. The summed E-state index contributed by atoms with van der Waals surface area (Å²) in [5.74, 6) is 1.30. The minimum atomic E-state index is -0.117. The molecule has 1 N–H and O–H groups in total. The SMILES string of the molecule is Cc1cccc(-n2c(C)cc([C@@H]3[C@H](c4ccccn4)NC(=S)N3c3ccc(N4C[C@@H](C)C[C@H](C)C4)c(Cl)c3)c2C)c1C. The average Bonchev–Trinajstić information content (AvgIpc) is 3.45. The second-order valence-electron chi connectivity index (χ2n) is 12.4. The van der Waals surface area contributed by atoms with Crippen LogP contribution in [0.4, 0.5) is 11.4 Å². The fourth-order valence-corrected chi connectivity index (χ4v) is 7.79. The molecule has 6 rings (SSSR count). The van der Waals surface area contributed by atoms with Crippen molar-refractivity contribution in [2.45, 2.75) is 60.0 Å². The summed E-state index contributed by atoms with van der Waals surface area (Å²) in [6.07, 6.45) is 3.11. The highest BCUT2D eigenvalue weighted by atomic mass is 35.5. The van der Waals surface area contributed by atoms with Gasteiger partial charge in [0.25, 0.3) is 0 Å². The zero-order valence-electron chi connectivity index (χ0n) is 25.4. The number of nitrogens with zero attached hydrogens (tertiary/aromatic N) is 4. The third-order valence-corrected chi connectivity index (χ3v) is 9.74. The number of aryl methyl sites for hydroxylation is 2. The van der Waals surface area contributed by atoms with E-state index < -0.39 is 0 Å². The predicted octanol–water partition coefficient (Wildman–Crippen LogP) is 8.42. The largest absolute Gasteiger partial charge is 0.370 e. The number of halogens is 1. The molecule has 0 amide bonds. The van der Waals surface area contributed by atoms with Gasteiger partial charge in [-0.05, 0) is 117 Å². The van der Waals surface area contributed by atoms with Crippen molar-refractivity contribution in [3.63, 3.8) is 0 Å². The Morgan fingerprint density at radius 2 is 1.67 bits per heavy atom. The monoisotopic (exact) mass is 597 g/mol. The Labute approximate surface area is 260 Å². The molecule has 0 unspecified atom stereocenters. The first kappa shape index (κ1) is 28.8. The highest BCUT2D eigenvalue weighted by Gasteiger charge is 2.42. The molecule has 7 heteroatoms. The van der Waals surface area contributed by atoms with E-state index in [1.807, 2.05) is 18.3 Å². The number of nitrogens with one attached hydrogen (secondary N) is 1. The Morgan fingerprint density at radius 1 is 0.905 bits per heavy atom. The fourth-order valence-electron chi connectivity index (χ4n) is 7.15. The van der Waals surface area contributed by atoms with E-state index in [4.69, 9.17) is 28.8 Å². The van der Waals surface area contributed by atoms with Crippen molar-refractivity contribution in [2.24, 2.45) is 11.8 Å². The highest BCUT2D eigenvalue weighted by Crippen LogP contribution is 2.45. The molecule has 4 heterocycles. The van der Waals surface area contributed by atoms with E-state index in [-0.39, 0.29) is 12.1 Å². The van der Waals surface area contributed by atoms with Crippen LogP contribution in [0.3, 0.4) is 0 Å². The first-order chi connectivity index (χ1) is 20.1. The first-order valence-electron chi connectivity index (χ1n) is 14.9. The summed E-state index contributed by atoms with van der Waals surface area (Å²) in [4.78, 5) is 9.44. The number of hydrogen-bond donors (Lipinski definition) is 1. The van der Waals surface area contributed by atoms with Crippen LogP contribution in [0, 0.1) is 39.5 Å². The van der Waals surface area contributed by atoms with E-state index in [1.165, 1.54) is 40.2 Å². The van der Waals surface area contributed by atoms with Crippen LogP contribution < -0.4 is 15.1 Å². The van der Waals surface area contributed by atoms with Crippen LogP contribution >= 0.6 is 23.8 Å². The minimum Gasteiger partial charge on any atom is -0.370 e. The zero-order chi connectivity index (χ0) is 29.7. The number of anilines is 2. The molecule has 2 aromatic carbocycles. The third-order valence-electron chi connectivity index (χ3n) is 9.12. The maximum atomic E-state index is 7.06. The molecule has 2 aliphatic rings. The number of rotatable bonds is 5. The van der Waals surface area contributed by atoms with Gasteiger partial charge in [-0.25, -0.2) is 0 Å². The van der Waals surface area contributed by atoms with E-state index in [9.17, 15) is 0 Å². The summed E-state index contributed by atoms with van der Waals surface area (Å²) in [5.41, 5.74) is 10.4. The zero-order valence-corrected chi connectivity index (χ0v) is 26.9. The number of piperidine rings is 1. The van der Waals surface area contributed by atoms with Crippen LogP contribution in [-0.2, 0) is 0 Å². The van der Waals surface area contributed by atoms with E-state index in [0.29, 0.717) is 16.9 Å². The third kappa shape index (κ3) is 5.09. The van der Waals surface area contributed by atoms with Crippen molar-refractivity contribution >= 4 is 40.3 Å². The van der Waals surface area contributed by atoms with Gasteiger partial charge >= 0.3 is 0 Å². The Morgan fingerprint density at radius 3 is 2.36 bits per heavy atom. The lowest BCUT2D eigenvalue weighted by molar-refractivity contribution is 0.357. The Hall–Kier alpha value is -3.35.